The molecule has 0 bridgehead atoms. The van der Waals surface area contributed by atoms with Gasteiger partial charge in [0.05, 0.1) is 17.7 Å². The van der Waals surface area contributed by atoms with Gasteiger partial charge in [-0.25, -0.2) is 0 Å². The molecule has 2 aliphatic heterocycles. The fourth-order valence-corrected chi connectivity index (χ4v) is 3.95. The van der Waals surface area contributed by atoms with Crippen molar-refractivity contribution in [1.82, 2.24) is 0 Å². The molecule has 132 valence electrons. The highest BCUT2D eigenvalue weighted by Gasteiger charge is 2.41. The Kier molecular flexibility index (Phi) is 3.99. The number of anilines is 1. The number of aryl methyl sites for hydroxylation is 1. The first-order valence-electron chi connectivity index (χ1n) is 8.59. The van der Waals surface area contributed by atoms with E-state index in [9.17, 15) is 13.2 Å². The Morgan fingerprint density at radius 3 is 2.56 bits per heavy atom. The van der Waals surface area contributed by atoms with E-state index >= 15 is 0 Å². The fraction of sp³-hybridized carbons (Fsp3) is 0.400. The van der Waals surface area contributed by atoms with Crippen LogP contribution in [-0.4, -0.2) is 6.61 Å². The molecule has 0 unspecified atom stereocenters. The average molecular weight is 347 g/mol. The van der Waals surface area contributed by atoms with Crippen molar-refractivity contribution in [2.24, 2.45) is 5.92 Å². The normalized spacial score (nSPS) is 25.7. The van der Waals surface area contributed by atoms with E-state index in [2.05, 4.69) is 29.6 Å². The quantitative estimate of drug-likeness (QED) is 0.720. The van der Waals surface area contributed by atoms with E-state index in [0.29, 0.717) is 12.2 Å². The van der Waals surface area contributed by atoms with Crippen LogP contribution in [0.15, 0.2) is 42.5 Å². The summed E-state index contributed by atoms with van der Waals surface area (Å²) in [5.74, 6) is 0.132. The Morgan fingerprint density at radius 2 is 1.84 bits per heavy atom. The van der Waals surface area contributed by atoms with Crippen LogP contribution >= 0.6 is 0 Å². The van der Waals surface area contributed by atoms with Crippen LogP contribution < -0.4 is 5.32 Å². The van der Waals surface area contributed by atoms with Gasteiger partial charge in [-0.2, -0.15) is 13.2 Å². The van der Waals surface area contributed by atoms with Gasteiger partial charge in [0.25, 0.3) is 0 Å². The summed E-state index contributed by atoms with van der Waals surface area (Å²) in [6.45, 7) is 2.63. The van der Waals surface area contributed by atoms with Gasteiger partial charge in [0.2, 0.25) is 0 Å². The van der Waals surface area contributed by atoms with Gasteiger partial charge < -0.3 is 10.1 Å². The molecule has 0 radical (unpaired) electrons. The van der Waals surface area contributed by atoms with Crippen molar-refractivity contribution >= 4 is 5.69 Å². The third kappa shape index (κ3) is 3.01. The molecule has 2 aromatic rings. The molecule has 2 aromatic carbocycles. The monoisotopic (exact) mass is 347 g/mol. The lowest BCUT2D eigenvalue weighted by atomic mass is 9.77. The van der Waals surface area contributed by atoms with E-state index in [1.807, 2.05) is 6.92 Å². The van der Waals surface area contributed by atoms with E-state index in [0.717, 1.165) is 30.2 Å². The lowest BCUT2D eigenvalue weighted by Gasteiger charge is -2.43. The molecule has 0 spiro atoms. The summed E-state index contributed by atoms with van der Waals surface area (Å²) in [5.41, 5.74) is 3.09. The summed E-state index contributed by atoms with van der Waals surface area (Å²) in [5, 5.41) is 3.46. The minimum absolute atomic E-state index is 0.0511. The smallest absolute Gasteiger partial charge is 0.378 e. The lowest BCUT2D eigenvalue weighted by Crippen LogP contribution is -2.36. The molecule has 4 rings (SSSR count). The maximum absolute atomic E-state index is 13.1. The van der Waals surface area contributed by atoms with Gasteiger partial charge in [-0.1, -0.05) is 29.8 Å². The molecule has 0 aromatic heterocycles. The SMILES string of the molecule is Cc1ccc([C@@H]2Nc3ccc(C(F)(F)F)cc3[C@H]3OCCC[C@H]32)cc1. The first kappa shape index (κ1) is 16.5. The summed E-state index contributed by atoms with van der Waals surface area (Å²) in [6, 6.07) is 12.3. The van der Waals surface area contributed by atoms with Crippen LogP contribution in [0.4, 0.5) is 18.9 Å². The van der Waals surface area contributed by atoms with Crippen LogP contribution in [0.2, 0.25) is 0 Å². The highest BCUT2D eigenvalue weighted by Crippen LogP contribution is 2.50. The molecule has 2 nitrogen and oxygen atoms in total. The molecule has 0 saturated carbocycles. The summed E-state index contributed by atoms with van der Waals surface area (Å²) < 4.78 is 45.2. The second-order valence-electron chi connectivity index (χ2n) is 6.93. The predicted octanol–water partition coefficient (Wildman–Crippen LogP) is 5.65. The second kappa shape index (κ2) is 6.06. The lowest BCUT2D eigenvalue weighted by molar-refractivity contribution is -0.137. The zero-order valence-electron chi connectivity index (χ0n) is 13.9. The van der Waals surface area contributed by atoms with E-state index in [1.54, 1.807) is 0 Å². The van der Waals surface area contributed by atoms with E-state index in [1.165, 1.54) is 17.7 Å². The van der Waals surface area contributed by atoms with Crippen molar-refractivity contribution in [2.45, 2.75) is 38.1 Å². The topological polar surface area (TPSA) is 21.3 Å². The summed E-state index contributed by atoms with van der Waals surface area (Å²) in [6.07, 6.45) is -2.77. The Morgan fingerprint density at radius 1 is 1.08 bits per heavy atom. The molecule has 25 heavy (non-hydrogen) atoms. The van der Waals surface area contributed by atoms with Crippen molar-refractivity contribution in [3.63, 3.8) is 0 Å². The van der Waals surface area contributed by atoms with Crippen LogP contribution in [0.25, 0.3) is 0 Å². The zero-order chi connectivity index (χ0) is 17.6. The standard InChI is InChI=1S/C20H20F3NO/c1-12-4-6-13(7-5-12)18-15-3-2-10-25-19(15)16-11-14(20(21,22)23)8-9-17(16)24-18/h4-9,11,15,18-19,24H,2-3,10H2,1H3/t15-,18-,19-/m0/s1. The van der Waals surface area contributed by atoms with Crippen molar-refractivity contribution in [2.75, 3.05) is 11.9 Å². The number of rotatable bonds is 1. The molecule has 1 N–H and O–H groups in total. The highest BCUT2D eigenvalue weighted by atomic mass is 19.4. The third-order valence-corrected chi connectivity index (χ3v) is 5.23. The largest absolute Gasteiger partial charge is 0.416 e. The Labute approximate surface area is 145 Å². The molecular weight excluding hydrogens is 327 g/mol. The Balaban J connectivity index is 1.76. The van der Waals surface area contributed by atoms with Crippen LogP contribution in [0.5, 0.6) is 0 Å². The van der Waals surface area contributed by atoms with E-state index in [-0.39, 0.29) is 18.1 Å². The third-order valence-electron chi connectivity index (χ3n) is 5.23. The first-order valence-corrected chi connectivity index (χ1v) is 8.59. The van der Waals surface area contributed by atoms with Gasteiger partial charge in [-0.3, -0.25) is 0 Å². The van der Waals surface area contributed by atoms with Gasteiger partial charge >= 0.3 is 6.18 Å². The minimum Gasteiger partial charge on any atom is -0.378 e. The number of fused-ring (bicyclic) bond motifs is 3. The minimum atomic E-state index is -4.34. The van der Waals surface area contributed by atoms with Crippen LogP contribution in [-0.2, 0) is 10.9 Å². The number of hydrogen-bond acceptors (Lipinski definition) is 2. The summed E-state index contributed by atoms with van der Waals surface area (Å²) in [4.78, 5) is 0. The van der Waals surface area contributed by atoms with Gasteiger partial charge in [0, 0.05) is 23.8 Å². The molecular formula is C20H20F3NO. The number of ether oxygens (including phenoxy) is 1. The second-order valence-corrected chi connectivity index (χ2v) is 6.93. The van der Waals surface area contributed by atoms with Crippen LogP contribution in [0.3, 0.4) is 0 Å². The first-order chi connectivity index (χ1) is 11.9. The highest BCUT2D eigenvalue weighted by molar-refractivity contribution is 5.58. The molecule has 3 atom stereocenters. The van der Waals surface area contributed by atoms with Crippen LogP contribution in [0, 0.1) is 12.8 Å². The van der Waals surface area contributed by atoms with E-state index in [4.69, 9.17) is 4.74 Å². The Hall–Kier alpha value is -2.01. The number of nitrogens with one attached hydrogen (secondary N) is 1. The van der Waals surface area contributed by atoms with Crippen molar-refractivity contribution in [1.29, 1.82) is 0 Å². The maximum atomic E-state index is 13.1. The number of benzene rings is 2. The van der Waals surface area contributed by atoms with Gasteiger partial charge in [0.1, 0.15) is 0 Å². The molecule has 2 heterocycles. The van der Waals surface area contributed by atoms with E-state index < -0.39 is 11.7 Å². The molecule has 1 saturated heterocycles. The molecule has 2 aliphatic rings. The van der Waals surface area contributed by atoms with Gasteiger partial charge in [-0.15, -0.1) is 0 Å². The Bertz CT molecular complexity index is 770. The molecule has 0 aliphatic carbocycles. The van der Waals surface area contributed by atoms with Crippen molar-refractivity contribution in [3.05, 3.63) is 64.7 Å². The summed E-state index contributed by atoms with van der Waals surface area (Å²) >= 11 is 0. The molecule has 0 amide bonds. The predicted molar refractivity (Wildman–Crippen MR) is 90.4 cm³/mol. The van der Waals surface area contributed by atoms with Crippen LogP contribution in [0.1, 0.15) is 47.2 Å². The van der Waals surface area contributed by atoms with Crippen molar-refractivity contribution in [3.8, 4) is 0 Å². The van der Waals surface area contributed by atoms with Gasteiger partial charge in [-0.05, 0) is 43.5 Å². The van der Waals surface area contributed by atoms with Crippen molar-refractivity contribution < 1.29 is 17.9 Å². The fourth-order valence-electron chi connectivity index (χ4n) is 3.95. The van der Waals surface area contributed by atoms with Gasteiger partial charge in [0.15, 0.2) is 0 Å². The number of hydrogen-bond donors (Lipinski definition) is 1. The molecule has 5 heteroatoms. The summed E-state index contributed by atoms with van der Waals surface area (Å²) in [7, 11) is 0. The molecule has 1 fully saturated rings. The maximum Gasteiger partial charge on any atom is 0.416 e. The average Bonchev–Trinajstić information content (AvgIpc) is 2.60. The number of alkyl halides is 3. The zero-order valence-corrected chi connectivity index (χ0v) is 13.9. The number of halogens is 3.